The first-order valence-corrected chi connectivity index (χ1v) is 7.56. The standard InChI is InChI=1S/C16H25FN2O2.ClH/c1-3-21-16-5-4-12(8-15(16)17)11-19-7-6-14(20-2)9-13(19)10-18;/h4-5,8,13-14H,3,6-7,9-11,18H2,1-2H3;1H. The summed E-state index contributed by atoms with van der Waals surface area (Å²) < 4.78 is 24.6. The van der Waals surface area contributed by atoms with Crippen molar-refractivity contribution in [1.82, 2.24) is 4.90 Å². The van der Waals surface area contributed by atoms with E-state index in [9.17, 15) is 4.39 Å². The number of nitrogens with zero attached hydrogens (tertiary/aromatic N) is 1. The van der Waals surface area contributed by atoms with Gasteiger partial charge in [-0.2, -0.15) is 0 Å². The highest BCUT2D eigenvalue weighted by atomic mass is 35.5. The minimum absolute atomic E-state index is 0. The van der Waals surface area contributed by atoms with Crippen LogP contribution in [0.4, 0.5) is 4.39 Å². The van der Waals surface area contributed by atoms with Crippen molar-refractivity contribution in [1.29, 1.82) is 0 Å². The van der Waals surface area contributed by atoms with Gasteiger partial charge in [0.15, 0.2) is 11.6 Å². The molecule has 4 nitrogen and oxygen atoms in total. The number of hydrogen-bond acceptors (Lipinski definition) is 4. The molecule has 1 aliphatic rings. The van der Waals surface area contributed by atoms with E-state index in [0.717, 1.165) is 24.9 Å². The Bertz CT molecular complexity index is 462. The fourth-order valence-corrected chi connectivity index (χ4v) is 2.88. The summed E-state index contributed by atoms with van der Waals surface area (Å²) in [7, 11) is 1.75. The van der Waals surface area contributed by atoms with Gasteiger partial charge < -0.3 is 15.2 Å². The summed E-state index contributed by atoms with van der Waals surface area (Å²) in [6, 6.07) is 5.47. The molecule has 1 saturated heterocycles. The van der Waals surface area contributed by atoms with Gasteiger partial charge in [0.05, 0.1) is 12.7 Å². The molecule has 6 heteroatoms. The Hall–Kier alpha value is -0.880. The molecule has 2 N–H and O–H groups in total. The Labute approximate surface area is 138 Å². The van der Waals surface area contributed by atoms with Crippen molar-refractivity contribution in [2.75, 3.05) is 26.8 Å². The van der Waals surface area contributed by atoms with Gasteiger partial charge in [0.25, 0.3) is 0 Å². The van der Waals surface area contributed by atoms with E-state index in [-0.39, 0.29) is 24.3 Å². The Morgan fingerprint density at radius 3 is 2.77 bits per heavy atom. The lowest BCUT2D eigenvalue weighted by Crippen LogP contribution is -2.47. The van der Waals surface area contributed by atoms with Crippen LogP contribution in [0.15, 0.2) is 18.2 Å². The molecule has 1 heterocycles. The third-order valence-electron chi connectivity index (χ3n) is 4.08. The van der Waals surface area contributed by atoms with Crippen molar-refractivity contribution in [3.05, 3.63) is 29.6 Å². The van der Waals surface area contributed by atoms with Crippen LogP contribution in [-0.4, -0.2) is 43.9 Å². The van der Waals surface area contributed by atoms with Crippen molar-refractivity contribution < 1.29 is 13.9 Å². The molecule has 0 saturated carbocycles. The largest absolute Gasteiger partial charge is 0.491 e. The summed E-state index contributed by atoms with van der Waals surface area (Å²) >= 11 is 0. The number of halogens is 2. The van der Waals surface area contributed by atoms with Gasteiger partial charge in [-0.15, -0.1) is 12.4 Å². The second kappa shape index (κ2) is 9.30. The molecule has 2 rings (SSSR count). The molecule has 1 aromatic rings. The molecule has 126 valence electrons. The second-order valence-electron chi connectivity index (χ2n) is 5.44. The van der Waals surface area contributed by atoms with E-state index in [4.69, 9.17) is 15.2 Å². The van der Waals surface area contributed by atoms with Crippen molar-refractivity contribution in [3.63, 3.8) is 0 Å². The number of methoxy groups -OCH3 is 1. The normalized spacial score (nSPS) is 22.2. The van der Waals surface area contributed by atoms with Crippen LogP contribution in [0.5, 0.6) is 5.75 Å². The first kappa shape index (κ1) is 19.2. The SMILES string of the molecule is CCOc1ccc(CN2CCC(OC)CC2CN)cc1F.Cl. The smallest absolute Gasteiger partial charge is 0.165 e. The topological polar surface area (TPSA) is 47.7 Å². The minimum Gasteiger partial charge on any atom is -0.491 e. The van der Waals surface area contributed by atoms with Gasteiger partial charge in [0, 0.05) is 32.8 Å². The summed E-state index contributed by atoms with van der Waals surface area (Å²) in [4.78, 5) is 2.31. The van der Waals surface area contributed by atoms with Crippen LogP contribution >= 0.6 is 12.4 Å². The highest BCUT2D eigenvalue weighted by Gasteiger charge is 2.27. The highest BCUT2D eigenvalue weighted by molar-refractivity contribution is 5.85. The van der Waals surface area contributed by atoms with Crippen molar-refractivity contribution in [2.45, 2.75) is 38.5 Å². The maximum atomic E-state index is 13.9. The van der Waals surface area contributed by atoms with Gasteiger partial charge in [0.2, 0.25) is 0 Å². The molecule has 0 radical (unpaired) electrons. The number of hydrogen-bond donors (Lipinski definition) is 1. The van der Waals surface area contributed by atoms with Gasteiger partial charge in [0.1, 0.15) is 0 Å². The zero-order valence-electron chi connectivity index (χ0n) is 13.3. The Morgan fingerprint density at radius 1 is 1.41 bits per heavy atom. The number of benzene rings is 1. The molecule has 0 spiro atoms. The zero-order chi connectivity index (χ0) is 15.2. The van der Waals surface area contributed by atoms with E-state index in [2.05, 4.69) is 4.90 Å². The molecule has 0 aromatic heterocycles. The van der Waals surface area contributed by atoms with Crippen molar-refractivity contribution in [2.24, 2.45) is 5.73 Å². The van der Waals surface area contributed by atoms with Crippen LogP contribution in [0, 0.1) is 5.82 Å². The molecule has 2 atom stereocenters. The Kier molecular flexibility index (Phi) is 8.10. The second-order valence-corrected chi connectivity index (χ2v) is 5.44. The third-order valence-corrected chi connectivity index (χ3v) is 4.08. The van der Waals surface area contributed by atoms with Crippen molar-refractivity contribution >= 4 is 12.4 Å². The molecule has 0 amide bonds. The number of nitrogens with two attached hydrogens (primary N) is 1. The van der Waals surface area contributed by atoms with Crippen LogP contribution in [0.3, 0.4) is 0 Å². The fraction of sp³-hybridized carbons (Fsp3) is 0.625. The number of piperidine rings is 1. The van der Waals surface area contributed by atoms with Gasteiger partial charge in [-0.3, -0.25) is 4.90 Å². The molecule has 1 aliphatic heterocycles. The summed E-state index contributed by atoms with van der Waals surface area (Å²) in [5, 5.41) is 0. The molecule has 1 aromatic carbocycles. The van der Waals surface area contributed by atoms with E-state index >= 15 is 0 Å². The lowest BCUT2D eigenvalue weighted by molar-refractivity contribution is 0.0102. The third kappa shape index (κ3) is 4.81. The zero-order valence-corrected chi connectivity index (χ0v) is 14.1. The number of ether oxygens (including phenoxy) is 2. The van der Waals surface area contributed by atoms with E-state index in [1.54, 1.807) is 19.2 Å². The van der Waals surface area contributed by atoms with Crippen LogP contribution in [0.1, 0.15) is 25.3 Å². The van der Waals surface area contributed by atoms with Gasteiger partial charge in [-0.05, 0) is 37.5 Å². The van der Waals surface area contributed by atoms with E-state index in [1.807, 2.05) is 13.0 Å². The van der Waals surface area contributed by atoms with Gasteiger partial charge in [-0.25, -0.2) is 4.39 Å². The van der Waals surface area contributed by atoms with Crippen LogP contribution in [0.2, 0.25) is 0 Å². The number of rotatable bonds is 6. The van der Waals surface area contributed by atoms with E-state index in [1.165, 1.54) is 0 Å². The van der Waals surface area contributed by atoms with Crippen molar-refractivity contribution in [3.8, 4) is 5.75 Å². The summed E-state index contributed by atoms with van der Waals surface area (Å²) in [5.41, 5.74) is 6.82. The summed E-state index contributed by atoms with van der Waals surface area (Å²) in [5.74, 6) is 0.0140. The lowest BCUT2D eigenvalue weighted by Gasteiger charge is -2.38. The minimum atomic E-state index is -0.301. The molecule has 0 bridgehead atoms. The van der Waals surface area contributed by atoms with E-state index in [0.29, 0.717) is 31.5 Å². The number of likely N-dealkylation sites (tertiary alicyclic amines) is 1. The molecule has 1 fully saturated rings. The van der Waals surface area contributed by atoms with Crippen LogP contribution < -0.4 is 10.5 Å². The molecule has 2 unspecified atom stereocenters. The summed E-state index contributed by atoms with van der Waals surface area (Å²) in [6.45, 7) is 4.55. The Balaban J connectivity index is 0.00000242. The van der Waals surface area contributed by atoms with Crippen LogP contribution in [0.25, 0.3) is 0 Å². The monoisotopic (exact) mass is 332 g/mol. The first-order valence-electron chi connectivity index (χ1n) is 7.56. The molecular formula is C16H26ClFN2O2. The average molecular weight is 333 g/mol. The fourth-order valence-electron chi connectivity index (χ4n) is 2.88. The maximum Gasteiger partial charge on any atom is 0.165 e. The maximum absolute atomic E-state index is 13.9. The molecule has 0 aliphatic carbocycles. The molecular weight excluding hydrogens is 307 g/mol. The highest BCUT2D eigenvalue weighted by Crippen LogP contribution is 2.23. The Morgan fingerprint density at radius 2 is 2.18 bits per heavy atom. The van der Waals surface area contributed by atoms with Gasteiger partial charge in [-0.1, -0.05) is 6.07 Å². The van der Waals surface area contributed by atoms with Gasteiger partial charge >= 0.3 is 0 Å². The summed E-state index contributed by atoms with van der Waals surface area (Å²) in [6.07, 6.45) is 2.21. The average Bonchev–Trinajstić information content (AvgIpc) is 2.50. The van der Waals surface area contributed by atoms with Crippen LogP contribution in [-0.2, 0) is 11.3 Å². The lowest BCUT2D eigenvalue weighted by atomic mass is 9.98. The first-order chi connectivity index (χ1) is 10.2. The predicted octanol–water partition coefficient (Wildman–Crippen LogP) is 2.58. The predicted molar refractivity (Wildman–Crippen MR) is 88.1 cm³/mol. The van der Waals surface area contributed by atoms with E-state index < -0.39 is 0 Å². The molecule has 22 heavy (non-hydrogen) atoms. The quantitative estimate of drug-likeness (QED) is 0.870.